The number of hydrogen-bond acceptors (Lipinski definition) is 3. The van der Waals surface area contributed by atoms with E-state index in [1.54, 1.807) is 0 Å². The summed E-state index contributed by atoms with van der Waals surface area (Å²) in [6, 6.07) is 7.46. The highest BCUT2D eigenvalue weighted by Gasteiger charge is 2.60. The Balaban J connectivity index is 1.47. The fourth-order valence-electron chi connectivity index (χ4n) is 4.67. The van der Waals surface area contributed by atoms with Crippen LogP contribution in [0.15, 0.2) is 24.3 Å². The van der Waals surface area contributed by atoms with E-state index in [0.29, 0.717) is 11.8 Å². The largest absolute Gasteiger partial charge is 0.324 e. The lowest BCUT2D eigenvalue weighted by Crippen LogP contribution is -2.39. The zero-order valence-electron chi connectivity index (χ0n) is 13.1. The molecule has 5 heteroatoms. The molecule has 3 aliphatic rings. The van der Waals surface area contributed by atoms with E-state index in [9.17, 15) is 14.4 Å². The Bertz CT molecular complexity index is 671. The van der Waals surface area contributed by atoms with E-state index in [0.717, 1.165) is 30.5 Å². The number of nitrogens with zero attached hydrogens (tertiary/aromatic N) is 1. The van der Waals surface area contributed by atoms with Crippen molar-refractivity contribution in [3.05, 3.63) is 29.8 Å². The fraction of sp³-hybridized carbons (Fsp3) is 0.500. The van der Waals surface area contributed by atoms with E-state index in [2.05, 4.69) is 5.32 Å². The van der Waals surface area contributed by atoms with Crippen molar-refractivity contribution in [3.63, 3.8) is 0 Å². The number of carbonyl (C=O) groups excluding carboxylic acids is 3. The molecule has 23 heavy (non-hydrogen) atoms. The molecule has 4 atom stereocenters. The van der Waals surface area contributed by atoms with Crippen molar-refractivity contribution in [3.8, 4) is 0 Å². The number of carbonyl (C=O) groups is 3. The van der Waals surface area contributed by atoms with Crippen LogP contribution in [0.4, 0.5) is 5.69 Å². The second-order valence-corrected chi connectivity index (χ2v) is 7.01. The predicted molar refractivity (Wildman–Crippen MR) is 84.3 cm³/mol. The lowest BCUT2D eigenvalue weighted by molar-refractivity contribution is -0.143. The third kappa shape index (κ3) is 2.18. The van der Waals surface area contributed by atoms with Gasteiger partial charge in [0.05, 0.1) is 11.8 Å². The molecule has 1 aliphatic heterocycles. The Kier molecular flexibility index (Phi) is 3.25. The van der Waals surface area contributed by atoms with Crippen LogP contribution >= 0.6 is 0 Å². The molecule has 1 aromatic rings. The summed E-state index contributed by atoms with van der Waals surface area (Å²) in [5, 5.41) is 2.80. The van der Waals surface area contributed by atoms with Gasteiger partial charge in [0.25, 0.3) is 0 Å². The summed E-state index contributed by atoms with van der Waals surface area (Å²) in [6.07, 6.45) is 3.11. The van der Waals surface area contributed by atoms with Crippen molar-refractivity contribution in [2.24, 2.45) is 23.7 Å². The number of nitrogens with one attached hydrogen (secondary N) is 1. The van der Waals surface area contributed by atoms with E-state index in [4.69, 9.17) is 0 Å². The first-order chi connectivity index (χ1) is 11.1. The molecule has 1 N–H and O–H groups in total. The maximum atomic E-state index is 12.6. The minimum atomic E-state index is -0.312. The first-order valence-corrected chi connectivity index (χ1v) is 8.27. The maximum absolute atomic E-state index is 12.6. The molecule has 0 spiro atoms. The van der Waals surface area contributed by atoms with Crippen LogP contribution in [0.3, 0.4) is 0 Å². The van der Waals surface area contributed by atoms with Crippen LogP contribution in [0.25, 0.3) is 0 Å². The Labute approximate surface area is 135 Å². The Morgan fingerprint density at radius 1 is 1.13 bits per heavy atom. The first kappa shape index (κ1) is 14.4. The monoisotopic (exact) mass is 312 g/mol. The molecule has 3 amide bonds. The number of imide groups is 1. The number of hydrogen-bond donors (Lipinski definition) is 1. The third-order valence-electron chi connectivity index (χ3n) is 5.74. The van der Waals surface area contributed by atoms with Crippen LogP contribution in [0.2, 0.25) is 0 Å². The van der Waals surface area contributed by atoms with Gasteiger partial charge in [-0.05, 0) is 49.7 Å². The molecule has 2 bridgehead atoms. The minimum Gasteiger partial charge on any atom is -0.324 e. The van der Waals surface area contributed by atoms with Gasteiger partial charge in [0.15, 0.2) is 0 Å². The standard InChI is InChI=1S/C18H20N2O3/c1-10-4-2-3-5-13(10)19-14(21)9-20-17(22)15-11-6-7-12(8-11)16(15)18(20)23/h2-5,11-12,15-16H,6-9H2,1H3,(H,19,21)/t11-,12-,15+,16+/m0/s1. The van der Waals surface area contributed by atoms with Gasteiger partial charge in [-0.15, -0.1) is 0 Å². The Morgan fingerprint density at radius 2 is 1.74 bits per heavy atom. The Hall–Kier alpha value is -2.17. The molecule has 120 valence electrons. The van der Waals surface area contributed by atoms with Crippen molar-refractivity contribution in [1.29, 1.82) is 0 Å². The topological polar surface area (TPSA) is 66.5 Å². The number of fused-ring (bicyclic) bond motifs is 5. The number of para-hydroxylation sites is 1. The molecular formula is C18H20N2O3. The van der Waals surface area contributed by atoms with Gasteiger partial charge in [0.2, 0.25) is 17.7 Å². The van der Waals surface area contributed by atoms with Gasteiger partial charge < -0.3 is 5.32 Å². The first-order valence-electron chi connectivity index (χ1n) is 8.27. The summed E-state index contributed by atoms with van der Waals surface area (Å²) < 4.78 is 0. The van der Waals surface area contributed by atoms with Crippen LogP contribution in [0.1, 0.15) is 24.8 Å². The zero-order chi connectivity index (χ0) is 16.1. The van der Waals surface area contributed by atoms with Gasteiger partial charge in [0.1, 0.15) is 6.54 Å². The van der Waals surface area contributed by atoms with E-state index in [-0.39, 0.29) is 36.1 Å². The lowest BCUT2D eigenvalue weighted by Gasteiger charge is -2.19. The number of anilines is 1. The number of amides is 3. The number of rotatable bonds is 3. The summed E-state index contributed by atoms with van der Waals surface area (Å²) in [6.45, 7) is 1.74. The van der Waals surface area contributed by atoms with Crippen molar-refractivity contribution in [2.45, 2.75) is 26.2 Å². The maximum Gasteiger partial charge on any atom is 0.244 e. The smallest absolute Gasteiger partial charge is 0.244 e. The summed E-state index contributed by atoms with van der Waals surface area (Å²) in [5.41, 5.74) is 1.67. The van der Waals surface area contributed by atoms with Gasteiger partial charge >= 0.3 is 0 Å². The highest BCUT2D eigenvalue weighted by atomic mass is 16.2. The van der Waals surface area contributed by atoms with E-state index in [1.165, 1.54) is 4.90 Å². The molecular weight excluding hydrogens is 292 g/mol. The molecule has 0 radical (unpaired) electrons. The van der Waals surface area contributed by atoms with E-state index >= 15 is 0 Å². The van der Waals surface area contributed by atoms with Crippen molar-refractivity contribution < 1.29 is 14.4 Å². The number of benzene rings is 1. The summed E-state index contributed by atoms with van der Waals surface area (Å²) >= 11 is 0. The van der Waals surface area contributed by atoms with E-state index < -0.39 is 0 Å². The van der Waals surface area contributed by atoms with Crippen LogP contribution in [-0.2, 0) is 14.4 Å². The van der Waals surface area contributed by atoms with Gasteiger partial charge in [-0.1, -0.05) is 18.2 Å². The number of likely N-dealkylation sites (tertiary alicyclic amines) is 1. The Morgan fingerprint density at radius 3 is 2.35 bits per heavy atom. The van der Waals surface area contributed by atoms with Crippen LogP contribution in [0.5, 0.6) is 0 Å². The molecule has 4 rings (SSSR count). The van der Waals surface area contributed by atoms with Crippen LogP contribution in [0, 0.1) is 30.6 Å². The number of aryl methyl sites for hydroxylation is 1. The minimum absolute atomic E-state index is 0.132. The highest BCUT2D eigenvalue weighted by Crippen LogP contribution is 2.56. The van der Waals surface area contributed by atoms with Gasteiger partial charge in [0, 0.05) is 5.69 Å². The van der Waals surface area contributed by atoms with Crippen molar-refractivity contribution in [1.82, 2.24) is 4.90 Å². The van der Waals surface area contributed by atoms with Gasteiger partial charge in [-0.2, -0.15) is 0 Å². The van der Waals surface area contributed by atoms with Crippen LogP contribution in [-0.4, -0.2) is 29.2 Å². The second kappa shape index (κ2) is 5.18. The molecule has 3 fully saturated rings. The molecule has 0 unspecified atom stereocenters. The SMILES string of the molecule is Cc1ccccc1NC(=O)CN1C(=O)[C@@H]2[C@H]3CC[C@@H](C3)[C@H]2C1=O. The molecule has 5 nitrogen and oxygen atoms in total. The van der Waals surface area contributed by atoms with Crippen molar-refractivity contribution in [2.75, 3.05) is 11.9 Å². The van der Waals surface area contributed by atoms with Crippen molar-refractivity contribution >= 4 is 23.4 Å². The normalized spacial score (nSPS) is 31.6. The lowest BCUT2D eigenvalue weighted by atomic mass is 9.81. The average Bonchev–Trinajstić information content (AvgIpc) is 3.19. The summed E-state index contributed by atoms with van der Waals surface area (Å²) in [5.74, 6) is -0.190. The zero-order valence-corrected chi connectivity index (χ0v) is 13.1. The molecule has 2 saturated carbocycles. The average molecular weight is 312 g/mol. The molecule has 1 aromatic carbocycles. The van der Waals surface area contributed by atoms with Gasteiger partial charge in [-0.3, -0.25) is 19.3 Å². The molecule has 0 aromatic heterocycles. The molecule has 1 saturated heterocycles. The quantitative estimate of drug-likeness (QED) is 0.868. The van der Waals surface area contributed by atoms with E-state index in [1.807, 2.05) is 31.2 Å². The third-order valence-corrected chi connectivity index (χ3v) is 5.74. The second-order valence-electron chi connectivity index (χ2n) is 7.01. The molecule has 1 heterocycles. The summed E-state index contributed by atoms with van der Waals surface area (Å²) in [7, 11) is 0. The van der Waals surface area contributed by atoms with Gasteiger partial charge in [-0.25, -0.2) is 0 Å². The predicted octanol–water partition coefficient (Wildman–Crippen LogP) is 1.96. The van der Waals surface area contributed by atoms with Crippen LogP contribution < -0.4 is 5.32 Å². The highest BCUT2D eigenvalue weighted by molar-refractivity contribution is 6.09. The fourth-order valence-corrected chi connectivity index (χ4v) is 4.67. The summed E-state index contributed by atoms with van der Waals surface area (Å²) in [4.78, 5) is 38.6. The molecule has 2 aliphatic carbocycles.